The quantitative estimate of drug-likeness (QED) is 0.817. The van der Waals surface area contributed by atoms with Crippen LogP contribution in [0.25, 0.3) is 0 Å². The van der Waals surface area contributed by atoms with E-state index in [-0.39, 0.29) is 17.0 Å². The Balaban J connectivity index is 3.15. The number of aromatic nitrogens is 1. The van der Waals surface area contributed by atoms with Crippen molar-refractivity contribution in [2.24, 2.45) is 5.41 Å². The van der Waals surface area contributed by atoms with Crippen LogP contribution < -0.4 is 5.73 Å². The predicted octanol–water partition coefficient (Wildman–Crippen LogP) is 2.22. The number of hydrogen-bond acceptors (Lipinski definition) is 4. The van der Waals surface area contributed by atoms with E-state index in [0.717, 1.165) is 5.56 Å². The highest BCUT2D eigenvalue weighted by Gasteiger charge is 2.33. The van der Waals surface area contributed by atoms with Crippen molar-refractivity contribution in [1.82, 2.24) is 4.98 Å². The highest BCUT2D eigenvalue weighted by molar-refractivity contribution is 6.03. The standard InChI is InChI=1S/C13H20N2O2/c1-8-6-9(12(14)15-7-8)10(16)11(17-5)13(2,3)4/h6-7,11H,1-5H3,(H2,14,15). The van der Waals surface area contributed by atoms with Gasteiger partial charge in [-0.05, 0) is 24.0 Å². The third-order valence-corrected chi connectivity index (χ3v) is 2.58. The molecule has 1 heterocycles. The summed E-state index contributed by atoms with van der Waals surface area (Å²) < 4.78 is 5.29. The summed E-state index contributed by atoms with van der Waals surface area (Å²) in [6.07, 6.45) is 1.12. The molecule has 0 saturated heterocycles. The number of aryl methyl sites for hydroxylation is 1. The molecule has 0 amide bonds. The van der Waals surface area contributed by atoms with E-state index in [0.29, 0.717) is 5.56 Å². The number of Topliss-reactive ketones (excluding diaryl/α,β-unsaturated/α-hetero) is 1. The van der Waals surface area contributed by atoms with Gasteiger partial charge in [-0.2, -0.15) is 0 Å². The van der Waals surface area contributed by atoms with Crippen molar-refractivity contribution in [3.8, 4) is 0 Å². The molecule has 94 valence electrons. The van der Waals surface area contributed by atoms with Crippen molar-refractivity contribution in [2.75, 3.05) is 12.8 Å². The van der Waals surface area contributed by atoms with Crippen LogP contribution in [0.3, 0.4) is 0 Å². The van der Waals surface area contributed by atoms with E-state index in [1.165, 1.54) is 7.11 Å². The van der Waals surface area contributed by atoms with Gasteiger partial charge in [-0.3, -0.25) is 4.79 Å². The molecule has 1 unspecified atom stereocenters. The molecule has 17 heavy (non-hydrogen) atoms. The number of pyridine rings is 1. The molecule has 0 aliphatic rings. The first-order valence-corrected chi connectivity index (χ1v) is 5.56. The van der Waals surface area contributed by atoms with Gasteiger partial charge in [0.15, 0.2) is 5.78 Å². The summed E-state index contributed by atoms with van der Waals surface area (Å²) in [6, 6.07) is 1.75. The van der Waals surface area contributed by atoms with E-state index >= 15 is 0 Å². The van der Waals surface area contributed by atoms with Gasteiger partial charge in [0.1, 0.15) is 11.9 Å². The van der Waals surface area contributed by atoms with Gasteiger partial charge in [0.25, 0.3) is 0 Å². The summed E-state index contributed by atoms with van der Waals surface area (Å²) >= 11 is 0. The molecule has 2 N–H and O–H groups in total. The van der Waals surface area contributed by atoms with E-state index in [1.54, 1.807) is 12.3 Å². The van der Waals surface area contributed by atoms with Crippen LogP contribution in [0.2, 0.25) is 0 Å². The lowest BCUT2D eigenvalue weighted by Gasteiger charge is -2.28. The van der Waals surface area contributed by atoms with Crippen molar-refractivity contribution in [2.45, 2.75) is 33.8 Å². The Morgan fingerprint density at radius 3 is 2.53 bits per heavy atom. The largest absolute Gasteiger partial charge is 0.383 e. The third kappa shape index (κ3) is 3.03. The number of methoxy groups -OCH3 is 1. The maximum Gasteiger partial charge on any atom is 0.195 e. The van der Waals surface area contributed by atoms with Crippen LogP contribution in [-0.4, -0.2) is 24.0 Å². The number of ketones is 1. The molecule has 1 aromatic rings. The van der Waals surface area contributed by atoms with Gasteiger partial charge in [0.2, 0.25) is 0 Å². The summed E-state index contributed by atoms with van der Waals surface area (Å²) in [6.45, 7) is 7.75. The second-order valence-electron chi connectivity index (χ2n) is 5.29. The van der Waals surface area contributed by atoms with Gasteiger partial charge in [-0.15, -0.1) is 0 Å². The number of carbonyl (C=O) groups excluding carboxylic acids is 1. The molecule has 0 bridgehead atoms. The SMILES string of the molecule is COC(C(=O)c1cc(C)cnc1N)C(C)(C)C. The highest BCUT2D eigenvalue weighted by atomic mass is 16.5. The zero-order valence-electron chi connectivity index (χ0n) is 11.1. The van der Waals surface area contributed by atoms with Crippen molar-refractivity contribution >= 4 is 11.6 Å². The average Bonchev–Trinajstić information content (AvgIpc) is 2.20. The van der Waals surface area contributed by atoms with E-state index in [1.807, 2.05) is 27.7 Å². The van der Waals surface area contributed by atoms with Gasteiger partial charge < -0.3 is 10.5 Å². The zero-order valence-corrected chi connectivity index (χ0v) is 11.1. The van der Waals surface area contributed by atoms with Crippen molar-refractivity contribution in [3.05, 3.63) is 23.4 Å². The predicted molar refractivity (Wildman–Crippen MR) is 68.0 cm³/mol. The molecule has 0 aliphatic carbocycles. The smallest absolute Gasteiger partial charge is 0.195 e. The van der Waals surface area contributed by atoms with Crippen LogP contribution in [0.5, 0.6) is 0 Å². The first-order valence-electron chi connectivity index (χ1n) is 5.56. The number of anilines is 1. The highest BCUT2D eigenvalue weighted by Crippen LogP contribution is 2.26. The number of ether oxygens (including phenoxy) is 1. The number of nitrogens with two attached hydrogens (primary N) is 1. The molecule has 4 nitrogen and oxygen atoms in total. The summed E-state index contributed by atoms with van der Waals surface area (Å²) in [7, 11) is 1.53. The minimum absolute atomic E-state index is 0.117. The molecule has 0 aliphatic heterocycles. The minimum atomic E-state index is -0.520. The topological polar surface area (TPSA) is 65.2 Å². The molecule has 0 aromatic carbocycles. The van der Waals surface area contributed by atoms with Gasteiger partial charge in [0, 0.05) is 13.3 Å². The lowest BCUT2D eigenvalue weighted by atomic mass is 9.84. The van der Waals surface area contributed by atoms with Gasteiger partial charge in [-0.1, -0.05) is 20.8 Å². The summed E-state index contributed by atoms with van der Waals surface area (Å²) in [5.41, 5.74) is 6.81. The normalized spacial score (nSPS) is 13.5. The second-order valence-corrected chi connectivity index (χ2v) is 5.29. The summed E-state index contributed by atoms with van der Waals surface area (Å²) in [4.78, 5) is 16.4. The number of nitrogens with zero attached hydrogens (tertiary/aromatic N) is 1. The Bertz CT molecular complexity index is 422. The van der Waals surface area contributed by atoms with E-state index in [4.69, 9.17) is 10.5 Å². The van der Waals surface area contributed by atoms with Crippen LogP contribution >= 0.6 is 0 Å². The van der Waals surface area contributed by atoms with Gasteiger partial charge >= 0.3 is 0 Å². The molecular formula is C13H20N2O2. The molecular weight excluding hydrogens is 216 g/mol. The third-order valence-electron chi connectivity index (χ3n) is 2.58. The van der Waals surface area contributed by atoms with Crippen LogP contribution in [-0.2, 0) is 4.74 Å². The zero-order chi connectivity index (χ0) is 13.2. The Morgan fingerprint density at radius 2 is 2.06 bits per heavy atom. The van der Waals surface area contributed by atoms with Crippen LogP contribution in [0.4, 0.5) is 5.82 Å². The maximum atomic E-state index is 12.4. The molecule has 1 atom stereocenters. The number of nitrogen functional groups attached to an aromatic ring is 1. The number of carbonyl (C=O) groups is 1. The Hall–Kier alpha value is -1.42. The van der Waals surface area contributed by atoms with Crippen molar-refractivity contribution in [3.63, 3.8) is 0 Å². The molecule has 4 heteroatoms. The average molecular weight is 236 g/mol. The monoisotopic (exact) mass is 236 g/mol. The molecule has 0 saturated carbocycles. The fourth-order valence-electron chi connectivity index (χ4n) is 1.77. The van der Waals surface area contributed by atoms with Crippen molar-refractivity contribution in [1.29, 1.82) is 0 Å². The number of rotatable bonds is 3. The fourth-order valence-corrected chi connectivity index (χ4v) is 1.77. The van der Waals surface area contributed by atoms with E-state index in [2.05, 4.69) is 4.98 Å². The van der Waals surface area contributed by atoms with Crippen LogP contribution in [0.15, 0.2) is 12.3 Å². The molecule has 0 spiro atoms. The molecule has 0 fully saturated rings. The Labute approximate surface area is 102 Å². The van der Waals surface area contributed by atoms with Crippen LogP contribution in [0.1, 0.15) is 36.7 Å². The van der Waals surface area contributed by atoms with Gasteiger partial charge in [-0.25, -0.2) is 4.98 Å². The molecule has 1 aromatic heterocycles. The molecule has 1 rings (SSSR count). The molecule has 0 radical (unpaired) electrons. The van der Waals surface area contributed by atoms with Gasteiger partial charge in [0.05, 0.1) is 5.56 Å². The maximum absolute atomic E-state index is 12.4. The Morgan fingerprint density at radius 1 is 1.47 bits per heavy atom. The minimum Gasteiger partial charge on any atom is -0.383 e. The lowest BCUT2D eigenvalue weighted by molar-refractivity contribution is 0.0196. The fraction of sp³-hybridized carbons (Fsp3) is 0.538. The first kappa shape index (κ1) is 13.6. The van der Waals surface area contributed by atoms with E-state index < -0.39 is 6.10 Å². The first-order chi connectivity index (χ1) is 7.77. The summed E-state index contributed by atoms with van der Waals surface area (Å²) in [5.74, 6) is 0.139. The summed E-state index contributed by atoms with van der Waals surface area (Å²) in [5, 5.41) is 0. The van der Waals surface area contributed by atoms with E-state index in [9.17, 15) is 4.79 Å². The van der Waals surface area contributed by atoms with Crippen LogP contribution in [0, 0.1) is 12.3 Å². The number of hydrogen-bond donors (Lipinski definition) is 1. The second kappa shape index (κ2) is 4.84. The van der Waals surface area contributed by atoms with Crippen molar-refractivity contribution < 1.29 is 9.53 Å². The lowest BCUT2D eigenvalue weighted by Crippen LogP contribution is -2.36. The Kier molecular flexibility index (Phi) is 3.88.